The first-order valence-electron chi connectivity index (χ1n) is 4.21. The van der Waals surface area contributed by atoms with Crippen molar-refractivity contribution in [2.24, 2.45) is 0 Å². The van der Waals surface area contributed by atoms with Crippen LogP contribution in [0, 0.1) is 11.8 Å². The van der Waals surface area contributed by atoms with E-state index >= 15 is 0 Å². The van der Waals surface area contributed by atoms with E-state index in [1.165, 1.54) is 0 Å². The summed E-state index contributed by atoms with van der Waals surface area (Å²) in [6, 6.07) is 5.32. The highest BCUT2D eigenvalue weighted by molar-refractivity contribution is 6.32. The van der Waals surface area contributed by atoms with Gasteiger partial charge in [0, 0.05) is 12.0 Å². The fourth-order valence-electron chi connectivity index (χ4n) is 0.958. The Labute approximate surface area is 88.5 Å². The second kappa shape index (κ2) is 5.54. The number of ether oxygens (including phenoxy) is 1. The third-order valence-electron chi connectivity index (χ3n) is 1.62. The lowest BCUT2D eigenvalue weighted by molar-refractivity contribution is 0.305. The minimum Gasteiger partial charge on any atom is -0.495 e. The first-order valence-corrected chi connectivity index (χ1v) is 4.59. The smallest absolute Gasteiger partial charge is 0.138 e. The summed E-state index contributed by atoms with van der Waals surface area (Å²) in [6.45, 7) is 0.0811. The normalized spacial score (nSPS) is 9.07. The SMILES string of the molecule is COc1cc(C#CCCO)ccc1Cl. The van der Waals surface area contributed by atoms with E-state index in [0.29, 0.717) is 17.2 Å². The molecule has 0 heterocycles. The van der Waals surface area contributed by atoms with Crippen molar-refractivity contribution in [2.45, 2.75) is 6.42 Å². The molecule has 1 N–H and O–H groups in total. The molecule has 0 atom stereocenters. The van der Waals surface area contributed by atoms with E-state index < -0.39 is 0 Å². The summed E-state index contributed by atoms with van der Waals surface area (Å²) in [5.41, 5.74) is 0.833. The Hall–Kier alpha value is -1.17. The molecule has 0 amide bonds. The van der Waals surface area contributed by atoms with Crippen molar-refractivity contribution in [2.75, 3.05) is 13.7 Å². The van der Waals surface area contributed by atoms with E-state index in [1.54, 1.807) is 19.2 Å². The van der Waals surface area contributed by atoms with E-state index in [2.05, 4.69) is 11.8 Å². The van der Waals surface area contributed by atoms with Gasteiger partial charge in [0.1, 0.15) is 5.75 Å². The number of hydrogen-bond acceptors (Lipinski definition) is 2. The lowest BCUT2D eigenvalue weighted by atomic mass is 10.2. The molecule has 0 aliphatic heterocycles. The predicted molar refractivity (Wildman–Crippen MR) is 56.6 cm³/mol. The molecule has 1 rings (SSSR count). The van der Waals surface area contributed by atoms with Crippen LogP contribution < -0.4 is 4.74 Å². The van der Waals surface area contributed by atoms with Gasteiger partial charge in [-0.15, -0.1) is 0 Å². The van der Waals surface area contributed by atoms with E-state index in [1.807, 2.05) is 6.07 Å². The van der Waals surface area contributed by atoms with Gasteiger partial charge in [-0.05, 0) is 18.2 Å². The van der Waals surface area contributed by atoms with Gasteiger partial charge in [-0.2, -0.15) is 0 Å². The van der Waals surface area contributed by atoms with E-state index in [9.17, 15) is 0 Å². The summed E-state index contributed by atoms with van der Waals surface area (Å²) in [7, 11) is 1.56. The van der Waals surface area contributed by atoms with Crippen LogP contribution in [0.5, 0.6) is 5.75 Å². The van der Waals surface area contributed by atoms with Crippen molar-refractivity contribution < 1.29 is 9.84 Å². The molecule has 0 fully saturated rings. The lowest BCUT2D eigenvalue weighted by Gasteiger charge is -2.01. The van der Waals surface area contributed by atoms with E-state index in [4.69, 9.17) is 21.4 Å². The highest BCUT2D eigenvalue weighted by Crippen LogP contribution is 2.24. The van der Waals surface area contributed by atoms with Crippen LogP contribution in [0.1, 0.15) is 12.0 Å². The second-order valence-electron chi connectivity index (χ2n) is 2.62. The third kappa shape index (κ3) is 2.95. The average molecular weight is 211 g/mol. The molecule has 0 radical (unpaired) electrons. The minimum atomic E-state index is 0.0811. The Morgan fingerprint density at radius 3 is 2.93 bits per heavy atom. The number of aliphatic hydroxyl groups is 1. The minimum absolute atomic E-state index is 0.0811. The Morgan fingerprint density at radius 2 is 2.29 bits per heavy atom. The molecule has 1 aromatic rings. The van der Waals surface area contributed by atoms with Crippen LogP contribution in [-0.2, 0) is 0 Å². The van der Waals surface area contributed by atoms with Gasteiger partial charge in [0.15, 0.2) is 0 Å². The Bertz CT molecular complexity index is 363. The topological polar surface area (TPSA) is 29.5 Å². The number of halogens is 1. The van der Waals surface area contributed by atoms with Gasteiger partial charge in [0.2, 0.25) is 0 Å². The van der Waals surface area contributed by atoms with Gasteiger partial charge in [0.25, 0.3) is 0 Å². The molecule has 0 spiro atoms. The van der Waals surface area contributed by atoms with Crippen LogP contribution in [0.2, 0.25) is 5.02 Å². The highest BCUT2D eigenvalue weighted by Gasteiger charge is 1.99. The molecular weight excluding hydrogens is 200 g/mol. The van der Waals surface area contributed by atoms with Gasteiger partial charge in [-0.25, -0.2) is 0 Å². The van der Waals surface area contributed by atoms with Crippen LogP contribution >= 0.6 is 11.6 Å². The summed E-state index contributed by atoms with van der Waals surface area (Å²) in [4.78, 5) is 0. The maximum absolute atomic E-state index is 8.54. The zero-order chi connectivity index (χ0) is 10.4. The lowest BCUT2D eigenvalue weighted by Crippen LogP contribution is -1.85. The van der Waals surface area contributed by atoms with Crippen molar-refractivity contribution in [3.05, 3.63) is 28.8 Å². The summed E-state index contributed by atoms with van der Waals surface area (Å²) in [5, 5.41) is 9.11. The number of methoxy groups -OCH3 is 1. The Morgan fingerprint density at radius 1 is 1.50 bits per heavy atom. The molecule has 3 heteroatoms. The van der Waals surface area contributed by atoms with Crippen molar-refractivity contribution >= 4 is 11.6 Å². The van der Waals surface area contributed by atoms with Crippen LogP contribution in [0.15, 0.2) is 18.2 Å². The van der Waals surface area contributed by atoms with Gasteiger partial charge >= 0.3 is 0 Å². The van der Waals surface area contributed by atoms with Crippen LogP contribution in [-0.4, -0.2) is 18.8 Å². The summed E-state index contributed by atoms with van der Waals surface area (Å²) in [6.07, 6.45) is 0.477. The molecule has 0 bridgehead atoms. The molecule has 0 saturated carbocycles. The molecule has 0 aromatic heterocycles. The second-order valence-corrected chi connectivity index (χ2v) is 3.03. The van der Waals surface area contributed by atoms with Gasteiger partial charge in [-0.3, -0.25) is 0 Å². The zero-order valence-electron chi connectivity index (χ0n) is 7.88. The zero-order valence-corrected chi connectivity index (χ0v) is 8.64. The molecule has 74 valence electrons. The van der Waals surface area contributed by atoms with Crippen LogP contribution in [0.4, 0.5) is 0 Å². The first-order chi connectivity index (χ1) is 6.77. The predicted octanol–water partition coefficient (Wildman–Crippen LogP) is 2.08. The molecule has 1 aromatic carbocycles. The molecule has 14 heavy (non-hydrogen) atoms. The molecule has 0 aliphatic carbocycles. The fourth-order valence-corrected chi connectivity index (χ4v) is 1.15. The van der Waals surface area contributed by atoms with Crippen LogP contribution in [0.3, 0.4) is 0 Å². The molecule has 2 nitrogen and oxygen atoms in total. The monoisotopic (exact) mass is 210 g/mol. The summed E-state index contributed by atoms with van der Waals surface area (Å²) < 4.78 is 5.04. The average Bonchev–Trinajstić information content (AvgIpc) is 2.21. The third-order valence-corrected chi connectivity index (χ3v) is 1.93. The number of rotatable bonds is 2. The maximum atomic E-state index is 8.54. The molecule has 0 saturated heterocycles. The summed E-state index contributed by atoms with van der Waals surface area (Å²) in [5.74, 6) is 6.34. The van der Waals surface area contributed by atoms with Crippen molar-refractivity contribution in [1.29, 1.82) is 0 Å². The van der Waals surface area contributed by atoms with Gasteiger partial charge in [-0.1, -0.05) is 23.4 Å². The number of benzene rings is 1. The Balaban J connectivity index is 2.86. The van der Waals surface area contributed by atoms with Gasteiger partial charge < -0.3 is 9.84 Å². The van der Waals surface area contributed by atoms with Crippen molar-refractivity contribution in [3.63, 3.8) is 0 Å². The fraction of sp³-hybridized carbons (Fsp3) is 0.273. The molecule has 0 unspecified atom stereocenters. The maximum Gasteiger partial charge on any atom is 0.138 e. The van der Waals surface area contributed by atoms with Gasteiger partial charge in [0.05, 0.1) is 18.7 Å². The Kier molecular flexibility index (Phi) is 4.31. The van der Waals surface area contributed by atoms with Crippen molar-refractivity contribution in [3.8, 4) is 17.6 Å². The van der Waals surface area contributed by atoms with Crippen molar-refractivity contribution in [1.82, 2.24) is 0 Å². The number of hydrogen-bond donors (Lipinski definition) is 1. The summed E-state index contributed by atoms with van der Waals surface area (Å²) >= 11 is 5.84. The van der Waals surface area contributed by atoms with E-state index in [0.717, 1.165) is 5.56 Å². The quantitative estimate of drug-likeness (QED) is 0.758. The number of aliphatic hydroxyl groups excluding tert-OH is 1. The van der Waals surface area contributed by atoms with Crippen LogP contribution in [0.25, 0.3) is 0 Å². The largest absolute Gasteiger partial charge is 0.495 e. The van der Waals surface area contributed by atoms with E-state index in [-0.39, 0.29) is 6.61 Å². The standard InChI is InChI=1S/C11H11ClO2/c1-14-11-8-9(4-2-3-7-13)5-6-10(11)12/h5-6,8,13H,3,7H2,1H3. The highest BCUT2D eigenvalue weighted by atomic mass is 35.5. The first kappa shape index (κ1) is 10.9. The molecular formula is C11H11ClO2. The molecule has 0 aliphatic rings.